The number of halogens is 1. The number of anilines is 1. The zero-order chi connectivity index (χ0) is 12.4. The Kier molecular flexibility index (Phi) is 3.10. The number of aromatic nitrogens is 2. The van der Waals surface area contributed by atoms with Crippen LogP contribution in [0.1, 0.15) is 16.4 Å². The second-order valence-corrected chi connectivity index (χ2v) is 4.06. The molecule has 0 saturated carbocycles. The summed E-state index contributed by atoms with van der Waals surface area (Å²) in [6.07, 6.45) is 0. The average Bonchev–Trinajstić information content (AvgIpc) is 2.63. The molecule has 1 amide bonds. The summed E-state index contributed by atoms with van der Waals surface area (Å²) in [5.41, 5.74) is -0.326. The van der Waals surface area contributed by atoms with Crippen LogP contribution < -0.4 is 10.9 Å². The van der Waals surface area contributed by atoms with E-state index in [0.717, 1.165) is 0 Å². The van der Waals surface area contributed by atoms with E-state index in [2.05, 4.69) is 31.2 Å². The summed E-state index contributed by atoms with van der Waals surface area (Å²) in [6.45, 7) is 1.63. The largest absolute Gasteiger partial charge is 0.444 e. The van der Waals surface area contributed by atoms with Gasteiger partial charge >= 0.3 is 0 Å². The van der Waals surface area contributed by atoms with Crippen molar-refractivity contribution in [3.8, 4) is 0 Å². The molecule has 0 atom stereocenters. The van der Waals surface area contributed by atoms with Gasteiger partial charge in [-0.15, -0.1) is 0 Å². The zero-order valence-corrected chi connectivity index (χ0v) is 10.4. The minimum atomic E-state index is -0.465. The summed E-state index contributed by atoms with van der Waals surface area (Å²) >= 11 is 3.09. The van der Waals surface area contributed by atoms with Crippen molar-refractivity contribution in [1.82, 2.24) is 9.97 Å². The van der Waals surface area contributed by atoms with Crippen LogP contribution in [-0.4, -0.2) is 15.9 Å². The number of carbonyl (C=O) groups is 1. The van der Waals surface area contributed by atoms with E-state index in [0.29, 0.717) is 10.5 Å². The molecule has 0 spiro atoms. The van der Waals surface area contributed by atoms with Crippen molar-refractivity contribution in [2.75, 3.05) is 5.32 Å². The fraction of sp³-hybridized carbons (Fsp3) is 0.100. The van der Waals surface area contributed by atoms with Crippen molar-refractivity contribution < 1.29 is 9.21 Å². The normalized spacial score (nSPS) is 10.2. The number of aromatic amines is 1. The minimum absolute atomic E-state index is 0.136. The topological polar surface area (TPSA) is 88.0 Å². The molecule has 7 heteroatoms. The number of hydrogen-bond acceptors (Lipinski definition) is 4. The maximum Gasteiger partial charge on any atom is 0.292 e. The number of nitrogens with one attached hydrogen (secondary N) is 2. The second kappa shape index (κ2) is 4.54. The first-order chi connectivity index (χ1) is 8.04. The molecule has 2 heterocycles. The lowest BCUT2D eigenvalue weighted by Crippen LogP contribution is -2.16. The van der Waals surface area contributed by atoms with Crippen molar-refractivity contribution in [2.45, 2.75) is 6.92 Å². The van der Waals surface area contributed by atoms with Gasteiger partial charge in [0.2, 0.25) is 0 Å². The molecular weight excluding hydrogens is 290 g/mol. The van der Waals surface area contributed by atoms with E-state index in [4.69, 9.17) is 4.42 Å². The van der Waals surface area contributed by atoms with E-state index in [9.17, 15) is 9.59 Å². The lowest BCUT2D eigenvalue weighted by atomic mass is 10.4. The van der Waals surface area contributed by atoms with Gasteiger partial charge in [-0.3, -0.25) is 9.59 Å². The molecule has 2 rings (SSSR count). The highest BCUT2D eigenvalue weighted by molar-refractivity contribution is 9.10. The monoisotopic (exact) mass is 297 g/mol. The van der Waals surface area contributed by atoms with Crippen LogP contribution in [0.5, 0.6) is 0 Å². The average molecular weight is 298 g/mol. The van der Waals surface area contributed by atoms with Crippen LogP contribution in [0.15, 0.2) is 32.1 Å². The number of H-pyrrole nitrogens is 1. The van der Waals surface area contributed by atoms with E-state index in [1.807, 2.05) is 0 Å². The first kappa shape index (κ1) is 11.6. The van der Waals surface area contributed by atoms with Gasteiger partial charge in [-0.25, -0.2) is 4.98 Å². The summed E-state index contributed by atoms with van der Waals surface area (Å²) in [5.74, 6) is 0.280. The van der Waals surface area contributed by atoms with Crippen LogP contribution in [0.4, 0.5) is 5.82 Å². The quantitative estimate of drug-likeness (QED) is 0.883. The predicted octanol–water partition coefficient (Wildman–Crippen LogP) is 1.69. The van der Waals surface area contributed by atoms with Crippen molar-refractivity contribution in [1.29, 1.82) is 0 Å². The number of hydrogen-bond donors (Lipinski definition) is 2. The maximum atomic E-state index is 11.7. The van der Waals surface area contributed by atoms with E-state index >= 15 is 0 Å². The summed E-state index contributed by atoms with van der Waals surface area (Å²) in [7, 11) is 0. The third kappa shape index (κ3) is 2.82. The Morgan fingerprint density at radius 1 is 1.53 bits per heavy atom. The van der Waals surface area contributed by atoms with Crippen molar-refractivity contribution >= 4 is 27.7 Å². The Bertz CT molecular complexity index is 617. The van der Waals surface area contributed by atoms with Gasteiger partial charge < -0.3 is 14.7 Å². The molecule has 0 bridgehead atoms. The Balaban J connectivity index is 2.21. The van der Waals surface area contributed by atoms with Crippen LogP contribution in [-0.2, 0) is 0 Å². The first-order valence-corrected chi connectivity index (χ1v) is 5.48. The van der Waals surface area contributed by atoms with Crippen molar-refractivity contribution in [2.24, 2.45) is 0 Å². The molecule has 0 aliphatic rings. The number of aryl methyl sites for hydroxylation is 1. The van der Waals surface area contributed by atoms with E-state index in [-0.39, 0.29) is 17.1 Å². The molecule has 17 heavy (non-hydrogen) atoms. The van der Waals surface area contributed by atoms with Gasteiger partial charge in [0, 0.05) is 6.07 Å². The summed E-state index contributed by atoms with van der Waals surface area (Å²) in [4.78, 5) is 29.3. The van der Waals surface area contributed by atoms with Gasteiger partial charge in [0.25, 0.3) is 11.5 Å². The van der Waals surface area contributed by atoms with E-state index in [1.165, 1.54) is 12.1 Å². The van der Waals surface area contributed by atoms with Gasteiger partial charge in [-0.2, -0.15) is 0 Å². The third-order valence-corrected chi connectivity index (χ3v) is 2.32. The smallest absolute Gasteiger partial charge is 0.292 e. The van der Waals surface area contributed by atoms with Gasteiger partial charge in [0.15, 0.2) is 10.4 Å². The number of amides is 1. The van der Waals surface area contributed by atoms with Crippen LogP contribution in [0, 0.1) is 6.92 Å². The Morgan fingerprint density at radius 2 is 2.29 bits per heavy atom. The molecule has 0 aliphatic heterocycles. The molecule has 2 N–H and O–H groups in total. The third-order valence-electron chi connectivity index (χ3n) is 1.90. The van der Waals surface area contributed by atoms with Gasteiger partial charge in [-0.05, 0) is 35.0 Å². The van der Waals surface area contributed by atoms with Gasteiger partial charge in [0.1, 0.15) is 11.6 Å². The Labute approximate surface area is 104 Å². The predicted molar refractivity (Wildman–Crippen MR) is 64.0 cm³/mol. The molecule has 0 aromatic carbocycles. The molecular formula is C10H8BrN3O3. The highest BCUT2D eigenvalue weighted by atomic mass is 79.9. The van der Waals surface area contributed by atoms with Crippen LogP contribution in [0.2, 0.25) is 0 Å². The number of nitrogens with zero attached hydrogens (tertiary/aromatic N) is 1. The minimum Gasteiger partial charge on any atom is -0.444 e. The molecule has 0 unspecified atom stereocenters. The van der Waals surface area contributed by atoms with Gasteiger partial charge in [0.05, 0.1) is 0 Å². The molecule has 0 aliphatic carbocycles. The molecule has 0 fully saturated rings. The number of carbonyl (C=O) groups excluding carboxylic acids is 1. The van der Waals surface area contributed by atoms with Crippen LogP contribution in [0.25, 0.3) is 0 Å². The molecule has 0 saturated heterocycles. The Morgan fingerprint density at radius 3 is 2.88 bits per heavy atom. The summed E-state index contributed by atoms with van der Waals surface area (Å²) in [6, 6.07) is 4.31. The fourth-order valence-corrected chi connectivity index (χ4v) is 1.56. The van der Waals surface area contributed by atoms with Crippen LogP contribution in [0.3, 0.4) is 0 Å². The maximum absolute atomic E-state index is 11.7. The second-order valence-electron chi connectivity index (χ2n) is 3.27. The molecule has 88 valence electrons. The summed E-state index contributed by atoms with van der Waals surface area (Å²) in [5, 5.41) is 2.47. The fourth-order valence-electron chi connectivity index (χ4n) is 1.26. The first-order valence-electron chi connectivity index (χ1n) is 4.69. The van der Waals surface area contributed by atoms with Crippen LogP contribution >= 0.6 is 15.9 Å². The molecule has 2 aromatic rings. The Hall–Kier alpha value is -1.89. The molecule has 0 radical (unpaired) electrons. The zero-order valence-electron chi connectivity index (χ0n) is 8.78. The highest BCUT2D eigenvalue weighted by Crippen LogP contribution is 2.14. The molecule has 2 aromatic heterocycles. The number of rotatable bonds is 2. The van der Waals surface area contributed by atoms with E-state index < -0.39 is 5.91 Å². The number of furan rings is 1. The lowest BCUT2D eigenvalue weighted by molar-refractivity contribution is 0.0995. The van der Waals surface area contributed by atoms with Crippen molar-refractivity contribution in [3.05, 3.63) is 44.8 Å². The van der Waals surface area contributed by atoms with E-state index in [1.54, 1.807) is 13.0 Å². The van der Waals surface area contributed by atoms with Crippen molar-refractivity contribution in [3.63, 3.8) is 0 Å². The molecule has 6 nitrogen and oxygen atoms in total. The SMILES string of the molecule is Cc1nc(NC(=O)c2ccc(Br)o2)cc(=O)[nH]1. The highest BCUT2D eigenvalue weighted by Gasteiger charge is 2.11. The van der Waals surface area contributed by atoms with Gasteiger partial charge in [-0.1, -0.05) is 0 Å². The summed E-state index contributed by atoms with van der Waals surface area (Å²) < 4.78 is 5.53. The lowest BCUT2D eigenvalue weighted by Gasteiger charge is -2.02. The standard InChI is InChI=1S/C10H8BrN3O3/c1-5-12-8(4-9(15)13-5)14-10(16)6-2-3-7(11)17-6/h2-4H,1H3,(H2,12,13,14,15,16).